The van der Waals surface area contributed by atoms with Crippen LogP contribution in [0.3, 0.4) is 0 Å². The van der Waals surface area contributed by atoms with E-state index in [0.717, 1.165) is 38.6 Å². The lowest BCUT2D eigenvalue weighted by Crippen LogP contribution is -2.57. The molecule has 0 spiro atoms. The van der Waals surface area contributed by atoms with Crippen LogP contribution in [0.15, 0.2) is 11.6 Å². The number of carbonyl (C=O) groups is 1. The summed E-state index contributed by atoms with van der Waals surface area (Å²) in [6, 6.07) is 0. The molecule has 0 aromatic heterocycles. The van der Waals surface area contributed by atoms with Gasteiger partial charge in [0.1, 0.15) is 0 Å². The van der Waals surface area contributed by atoms with E-state index in [1.165, 1.54) is 12.0 Å². The van der Waals surface area contributed by atoms with Crippen molar-refractivity contribution in [1.29, 1.82) is 0 Å². The smallest absolute Gasteiger partial charge is 0.242 e. The molecule has 0 bridgehead atoms. The fourth-order valence-electron chi connectivity index (χ4n) is 2.92. The first-order valence-corrected chi connectivity index (χ1v) is 6.91. The number of amides is 1. The third kappa shape index (κ3) is 2.93. The van der Waals surface area contributed by atoms with Crippen molar-refractivity contribution in [2.45, 2.75) is 44.1 Å². The zero-order valence-corrected chi connectivity index (χ0v) is 11.3. The van der Waals surface area contributed by atoms with Crippen LogP contribution in [0.1, 0.15) is 38.5 Å². The Morgan fingerprint density at radius 3 is 2.72 bits per heavy atom. The number of hydrogen-bond donors (Lipinski definition) is 1. The van der Waals surface area contributed by atoms with Crippen molar-refractivity contribution in [2.75, 3.05) is 26.8 Å². The van der Waals surface area contributed by atoms with Gasteiger partial charge in [0.25, 0.3) is 0 Å². The van der Waals surface area contributed by atoms with Crippen LogP contribution >= 0.6 is 0 Å². The van der Waals surface area contributed by atoms with Crippen molar-refractivity contribution < 1.29 is 9.53 Å². The topological polar surface area (TPSA) is 55.6 Å². The lowest BCUT2D eigenvalue weighted by Gasteiger charge is -2.38. The number of rotatable bonds is 3. The van der Waals surface area contributed by atoms with Gasteiger partial charge in [-0.05, 0) is 24.8 Å². The van der Waals surface area contributed by atoms with Gasteiger partial charge in [-0.15, -0.1) is 0 Å². The maximum Gasteiger partial charge on any atom is 0.242 e. The number of methoxy groups -OCH3 is 1. The van der Waals surface area contributed by atoms with E-state index < -0.39 is 5.54 Å². The van der Waals surface area contributed by atoms with E-state index in [2.05, 4.69) is 6.08 Å². The lowest BCUT2D eigenvalue weighted by atomic mass is 9.81. The molecule has 4 heteroatoms. The van der Waals surface area contributed by atoms with Gasteiger partial charge in [0.05, 0.1) is 12.1 Å². The van der Waals surface area contributed by atoms with Crippen LogP contribution in [0.2, 0.25) is 0 Å². The molecule has 0 unspecified atom stereocenters. The van der Waals surface area contributed by atoms with Crippen molar-refractivity contribution in [3.63, 3.8) is 0 Å². The maximum atomic E-state index is 12.5. The van der Waals surface area contributed by atoms with Crippen LogP contribution in [0.25, 0.3) is 0 Å². The molecule has 1 aliphatic carbocycles. The summed E-state index contributed by atoms with van der Waals surface area (Å²) >= 11 is 0. The predicted molar refractivity (Wildman–Crippen MR) is 71.2 cm³/mol. The second kappa shape index (κ2) is 5.85. The summed E-state index contributed by atoms with van der Waals surface area (Å²) in [4.78, 5) is 14.4. The highest BCUT2D eigenvalue weighted by Crippen LogP contribution is 2.28. The fourth-order valence-corrected chi connectivity index (χ4v) is 2.92. The number of hydrogen-bond acceptors (Lipinski definition) is 3. The maximum absolute atomic E-state index is 12.5. The average Bonchev–Trinajstić information content (AvgIpc) is 2.40. The molecule has 1 saturated carbocycles. The molecule has 4 nitrogen and oxygen atoms in total. The van der Waals surface area contributed by atoms with Crippen LogP contribution in [-0.4, -0.2) is 43.2 Å². The average molecular weight is 252 g/mol. The van der Waals surface area contributed by atoms with Gasteiger partial charge in [-0.1, -0.05) is 25.3 Å². The van der Waals surface area contributed by atoms with E-state index in [1.54, 1.807) is 7.11 Å². The van der Waals surface area contributed by atoms with Gasteiger partial charge in [-0.25, -0.2) is 0 Å². The third-order valence-electron chi connectivity index (χ3n) is 4.09. The van der Waals surface area contributed by atoms with Crippen molar-refractivity contribution >= 4 is 5.91 Å². The molecule has 0 radical (unpaired) electrons. The fraction of sp³-hybridized carbons (Fsp3) is 0.786. The van der Waals surface area contributed by atoms with E-state index in [-0.39, 0.29) is 5.91 Å². The number of nitrogens with two attached hydrogens (primary N) is 1. The molecule has 0 aromatic rings. The molecule has 0 atom stereocenters. The zero-order valence-electron chi connectivity index (χ0n) is 11.3. The first-order valence-electron chi connectivity index (χ1n) is 6.91. The molecule has 1 heterocycles. The van der Waals surface area contributed by atoms with Crippen molar-refractivity contribution in [1.82, 2.24) is 4.90 Å². The Bertz CT molecular complexity index is 333. The summed E-state index contributed by atoms with van der Waals surface area (Å²) in [5.41, 5.74) is 6.99. The normalized spacial score (nSPS) is 23.7. The molecule has 0 aromatic carbocycles. The van der Waals surface area contributed by atoms with Crippen molar-refractivity contribution in [3.8, 4) is 0 Å². The van der Waals surface area contributed by atoms with Crippen LogP contribution in [0.5, 0.6) is 0 Å². The molecule has 1 amide bonds. The van der Waals surface area contributed by atoms with Gasteiger partial charge < -0.3 is 15.4 Å². The molecule has 0 saturated heterocycles. The van der Waals surface area contributed by atoms with Gasteiger partial charge in [-0.3, -0.25) is 4.79 Å². The number of ether oxygens (including phenoxy) is 1. The molecule has 18 heavy (non-hydrogen) atoms. The minimum absolute atomic E-state index is 0.148. The highest BCUT2D eigenvalue weighted by Gasteiger charge is 2.38. The first-order chi connectivity index (χ1) is 8.65. The Morgan fingerprint density at radius 1 is 1.44 bits per heavy atom. The SMILES string of the molecule is COCC1=CCN(C(=O)C2(N)CCCCC2)CC1. The summed E-state index contributed by atoms with van der Waals surface area (Å²) in [6.07, 6.45) is 8.09. The van der Waals surface area contributed by atoms with Crippen molar-refractivity contribution in [2.24, 2.45) is 5.73 Å². The Balaban J connectivity index is 1.94. The Labute approximate surface area is 109 Å². The molecule has 2 N–H and O–H groups in total. The quantitative estimate of drug-likeness (QED) is 0.774. The first kappa shape index (κ1) is 13.6. The molecule has 102 valence electrons. The van der Waals surface area contributed by atoms with E-state index in [9.17, 15) is 4.79 Å². The standard InChI is InChI=1S/C14H24N2O2/c1-18-11-12-5-9-16(10-6-12)13(17)14(15)7-3-2-4-8-14/h5H,2-4,6-11,15H2,1H3. The Kier molecular flexibility index (Phi) is 4.40. The highest BCUT2D eigenvalue weighted by atomic mass is 16.5. The van der Waals surface area contributed by atoms with Crippen LogP contribution < -0.4 is 5.73 Å². The van der Waals surface area contributed by atoms with Crippen LogP contribution in [-0.2, 0) is 9.53 Å². The highest BCUT2D eigenvalue weighted by molar-refractivity contribution is 5.86. The second-order valence-electron chi connectivity index (χ2n) is 5.51. The van der Waals surface area contributed by atoms with Crippen molar-refractivity contribution in [3.05, 3.63) is 11.6 Å². The summed E-state index contributed by atoms with van der Waals surface area (Å²) in [5, 5.41) is 0. The molecule has 1 fully saturated rings. The minimum Gasteiger partial charge on any atom is -0.380 e. The van der Waals surface area contributed by atoms with Gasteiger partial charge in [0.15, 0.2) is 0 Å². The van der Waals surface area contributed by atoms with E-state index >= 15 is 0 Å². The van der Waals surface area contributed by atoms with Gasteiger partial charge in [0, 0.05) is 20.2 Å². The van der Waals surface area contributed by atoms with Crippen LogP contribution in [0.4, 0.5) is 0 Å². The Hall–Kier alpha value is -0.870. The number of nitrogens with zero attached hydrogens (tertiary/aromatic N) is 1. The summed E-state index contributed by atoms with van der Waals surface area (Å²) in [7, 11) is 1.70. The molecule has 2 rings (SSSR count). The molecular weight excluding hydrogens is 228 g/mol. The zero-order chi connectivity index (χ0) is 13.0. The molecule has 2 aliphatic rings. The van der Waals surface area contributed by atoms with E-state index in [1.807, 2.05) is 4.90 Å². The predicted octanol–water partition coefficient (Wildman–Crippen LogP) is 1.45. The second-order valence-corrected chi connectivity index (χ2v) is 5.51. The minimum atomic E-state index is -0.592. The van der Waals surface area contributed by atoms with E-state index in [4.69, 9.17) is 10.5 Å². The lowest BCUT2D eigenvalue weighted by molar-refractivity contribution is -0.138. The van der Waals surface area contributed by atoms with Gasteiger partial charge in [-0.2, -0.15) is 0 Å². The molecular formula is C14H24N2O2. The third-order valence-corrected chi connectivity index (χ3v) is 4.09. The number of carbonyl (C=O) groups excluding carboxylic acids is 1. The van der Waals surface area contributed by atoms with Gasteiger partial charge in [0.2, 0.25) is 5.91 Å². The van der Waals surface area contributed by atoms with E-state index in [0.29, 0.717) is 13.2 Å². The monoisotopic (exact) mass is 252 g/mol. The summed E-state index contributed by atoms with van der Waals surface area (Å²) < 4.78 is 5.12. The van der Waals surface area contributed by atoms with Crippen LogP contribution in [0, 0.1) is 0 Å². The molecule has 1 aliphatic heterocycles. The Morgan fingerprint density at radius 2 is 2.17 bits per heavy atom. The summed E-state index contributed by atoms with van der Waals surface area (Å²) in [5.74, 6) is 0.148. The van der Waals surface area contributed by atoms with Gasteiger partial charge >= 0.3 is 0 Å². The largest absolute Gasteiger partial charge is 0.380 e. The summed E-state index contributed by atoms with van der Waals surface area (Å²) in [6.45, 7) is 2.15.